The average Bonchev–Trinajstić information content (AvgIpc) is 2.39. The second-order valence-corrected chi connectivity index (χ2v) is 4.26. The van der Waals surface area contributed by atoms with E-state index in [0.29, 0.717) is 5.56 Å². The van der Waals surface area contributed by atoms with E-state index in [2.05, 4.69) is 24.6 Å². The maximum absolute atomic E-state index is 12.1. The van der Waals surface area contributed by atoms with Gasteiger partial charge in [0.05, 0.1) is 6.42 Å². The summed E-state index contributed by atoms with van der Waals surface area (Å²) < 4.78 is 5.48. The highest BCUT2D eigenvalue weighted by Gasteiger charge is 2.45. The normalized spacial score (nSPS) is 26.4. The Morgan fingerprint density at radius 1 is 1.28 bits per heavy atom. The van der Waals surface area contributed by atoms with Crippen LogP contribution in [0, 0.1) is 19.3 Å². The summed E-state index contributed by atoms with van der Waals surface area (Å²) in [6.07, 6.45) is 8.68. The minimum Gasteiger partial charge on any atom is -0.354 e. The number of methoxy groups -OCH3 is 1. The van der Waals surface area contributed by atoms with Gasteiger partial charge < -0.3 is 10.1 Å². The number of benzene rings is 1. The lowest BCUT2D eigenvalue weighted by Crippen LogP contribution is -2.55. The van der Waals surface area contributed by atoms with Gasteiger partial charge in [0.15, 0.2) is 5.72 Å². The molecule has 0 saturated carbocycles. The van der Waals surface area contributed by atoms with Crippen molar-refractivity contribution in [1.82, 2.24) is 5.32 Å². The van der Waals surface area contributed by atoms with Crippen LogP contribution in [0.4, 0.5) is 0 Å². The van der Waals surface area contributed by atoms with Crippen LogP contribution in [0.5, 0.6) is 0 Å². The second kappa shape index (κ2) is 3.95. The van der Waals surface area contributed by atoms with E-state index in [4.69, 9.17) is 4.74 Å². The molecule has 1 N–H and O–H groups in total. The lowest BCUT2D eigenvalue weighted by Gasteiger charge is -2.42. The molecular weight excluding hydrogens is 226 g/mol. The van der Waals surface area contributed by atoms with Crippen LogP contribution in [0.25, 0.3) is 5.57 Å². The molecule has 1 aliphatic heterocycles. The first-order valence-corrected chi connectivity index (χ1v) is 5.64. The largest absolute Gasteiger partial charge is 0.354 e. The molecule has 1 aliphatic carbocycles. The molecule has 1 aromatic carbocycles. The number of allylic oxidation sites excluding steroid dienone is 1. The van der Waals surface area contributed by atoms with Crippen molar-refractivity contribution < 1.29 is 9.53 Å². The Morgan fingerprint density at radius 3 is 2.72 bits per heavy atom. The van der Waals surface area contributed by atoms with E-state index in [1.807, 2.05) is 25.1 Å². The summed E-state index contributed by atoms with van der Waals surface area (Å²) in [4.78, 5) is 12.1. The summed E-state index contributed by atoms with van der Waals surface area (Å²) in [5, 5.41) is 2.84. The summed E-state index contributed by atoms with van der Waals surface area (Å²) in [7, 11) is 1.54. The van der Waals surface area contributed by atoms with Crippen molar-refractivity contribution in [2.24, 2.45) is 0 Å². The van der Waals surface area contributed by atoms with E-state index in [1.165, 1.54) is 0 Å². The van der Waals surface area contributed by atoms with Crippen LogP contribution in [0.2, 0.25) is 0 Å². The van der Waals surface area contributed by atoms with Crippen LogP contribution in [0.15, 0.2) is 29.8 Å². The Bertz CT molecular complexity index is 547. The molecule has 1 amide bonds. The number of ether oxygens (including phenoxy) is 1. The van der Waals surface area contributed by atoms with Crippen LogP contribution in [-0.2, 0) is 4.74 Å². The number of hydrogen-bond acceptors (Lipinski definition) is 2. The van der Waals surface area contributed by atoms with Crippen LogP contribution >= 0.6 is 0 Å². The maximum atomic E-state index is 12.1. The van der Waals surface area contributed by atoms with Gasteiger partial charge in [-0.2, -0.15) is 0 Å². The van der Waals surface area contributed by atoms with Crippen LogP contribution < -0.4 is 5.32 Å². The first kappa shape index (κ1) is 11.5. The fourth-order valence-electron chi connectivity index (χ4n) is 2.42. The molecule has 0 fully saturated rings. The van der Waals surface area contributed by atoms with Gasteiger partial charge >= 0.3 is 0 Å². The van der Waals surface area contributed by atoms with Crippen molar-refractivity contribution in [2.45, 2.75) is 12.6 Å². The lowest BCUT2D eigenvalue weighted by molar-refractivity contribution is 0.0327. The van der Waals surface area contributed by atoms with Gasteiger partial charge in [-0.05, 0) is 18.6 Å². The molecule has 0 spiro atoms. The van der Waals surface area contributed by atoms with Crippen molar-refractivity contribution in [3.63, 3.8) is 0 Å². The Kier molecular flexibility index (Phi) is 2.52. The number of carbonyl (C=O) groups excluding carboxylic acids is 1. The SMILES string of the molecule is COC12[C][C][C]C(C)=C1c1ccccc1C(=O)N2. The topological polar surface area (TPSA) is 38.3 Å². The first-order valence-electron chi connectivity index (χ1n) is 5.64. The quantitative estimate of drug-likeness (QED) is 0.809. The van der Waals surface area contributed by atoms with Gasteiger partial charge in [0, 0.05) is 31.1 Å². The Labute approximate surface area is 107 Å². The molecule has 3 nitrogen and oxygen atoms in total. The molecule has 0 aromatic heterocycles. The van der Waals surface area contributed by atoms with E-state index in [0.717, 1.165) is 16.7 Å². The summed E-state index contributed by atoms with van der Waals surface area (Å²) in [6, 6.07) is 7.46. The molecule has 0 bridgehead atoms. The van der Waals surface area contributed by atoms with Gasteiger partial charge in [-0.15, -0.1) is 0 Å². The van der Waals surface area contributed by atoms with Crippen LogP contribution in [0.1, 0.15) is 22.8 Å². The molecule has 2 aliphatic rings. The molecule has 0 saturated heterocycles. The van der Waals surface area contributed by atoms with Gasteiger partial charge in [-0.25, -0.2) is 0 Å². The molecule has 1 atom stereocenters. The van der Waals surface area contributed by atoms with E-state index in [-0.39, 0.29) is 5.91 Å². The molecular formula is C15H11NO2. The summed E-state index contributed by atoms with van der Waals surface area (Å²) in [6.45, 7) is 1.92. The third-order valence-corrected chi connectivity index (χ3v) is 3.25. The number of carbonyl (C=O) groups is 1. The standard InChI is InChI=1S/C15H11NO2/c1-10-6-5-9-15(18-2)13(10)11-7-3-4-8-12(11)14(17)16-15/h3-4,7-8H,1-2H3,(H,16,17). The zero-order valence-electron chi connectivity index (χ0n) is 10.1. The van der Waals surface area contributed by atoms with Gasteiger partial charge in [-0.3, -0.25) is 4.79 Å². The summed E-state index contributed by atoms with van der Waals surface area (Å²) >= 11 is 0. The molecule has 6 radical (unpaired) electrons. The fraction of sp³-hybridized carbons (Fsp3) is 0.200. The predicted molar refractivity (Wildman–Crippen MR) is 66.0 cm³/mol. The number of fused-ring (bicyclic) bond motifs is 3. The van der Waals surface area contributed by atoms with Gasteiger partial charge in [0.25, 0.3) is 5.91 Å². The monoisotopic (exact) mass is 237 g/mol. The minimum atomic E-state index is -1.04. The van der Waals surface area contributed by atoms with Crippen molar-refractivity contribution in [1.29, 1.82) is 0 Å². The third kappa shape index (κ3) is 1.44. The van der Waals surface area contributed by atoms with Crippen LogP contribution in [-0.4, -0.2) is 18.7 Å². The van der Waals surface area contributed by atoms with E-state index >= 15 is 0 Å². The third-order valence-electron chi connectivity index (χ3n) is 3.25. The average molecular weight is 237 g/mol. The van der Waals surface area contributed by atoms with Gasteiger partial charge in [-0.1, -0.05) is 23.8 Å². The molecule has 1 unspecified atom stereocenters. The maximum Gasteiger partial charge on any atom is 0.254 e. The van der Waals surface area contributed by atoms with Crippen molar-refractivity contribution in [3.8, 4) is 0 Å². The highest BCUT2D eigenvalue weighted by Crippen LogP contribution is 2.43. The van der Waals surface area contributed by atoms with Gasteiger partial charge in [0.1, 0.15) is 0 Å². The molecule has 18 heavy (non-hydrogen) atoms. The number of nitrogens with one attached hydrogen (secondary N) is 1. The zero-order valence-corrected chi connectivity index (χ0v) is 10.1. The summed E-state index contributed by atoms with van der Waals surface area (Å²) in [5.74, 6) is -0.166. The van der Waals surface area contributed by atoms with E-state index in [9.17, 15) is 4.79 Å². The Morgan fingerprint density at radius 2 is 2.00 bits per heavy atom. The summed E-state index contributed by atoms with van der Waals surface area (Å²) in [5.41, 5.74) is 2.23. The molecule has 1 aromatic rings. The van der Waals surface area contributed by atoms with Crippen molar-refractivity contribution in [3.05, 3.63) is 60.2 Å². The fourth-order valence-corrected chi connectivity index (χ4v) is 2.42. The lowest BCUT2D eigenvalue weighted by atomic mass is 9.77. The second-order valence-electron chi connectivity index (χ2n) is 4.26. The smallest absolute Gasteiger partial charge is 0.254 e. The predicted octanol–water partition coefficient (Wildman–Crippen LogP) is 1.80. The van der Waals surface area contributed by atoms with Crippen molar-refractivity contribution in [2.75, 3.05) is 7.11 Å². The highest BCUT2D eigenvalue weighted by atomic mass is 16.5. The van der Waals surface area contributed by atoms with Crippen LogP contribution in [0.3, 0.4) is 0 Å². The molecule has 88 valence electrons. The molecule has 3 heteroatoms. The minimum absolute atomic E-state index is 0.166. The number of hydrogen-bond donors (Lipinski definition) is 1. The first-order chi connectivity index (χ1) is 8.68. The zero-order chi connectivity index (χ0) is 12.8. The Balaban J connectivity index is 2.29. The Hall–Kier alpha value is -1.61. The molecule has 3 rings (SSSR count). The van der Waals surface area contributed by atoms with Gasteiger partial charge in [0.2, 0.25) is 0 Å². The molecule has 1 heterocycles. The van der Waals surface area contributed by atoms with E-state index in [1.54, 1.807) is 13.2 Å². The van der Waals surface area contributed by atoms with E-state index < -0.39 is 5.72 Å². The highest BCUT2D eigenvalue weighted by molar-refractivity contribution is 6.06. The number of amides is 1. The number of rotatable bonds is 1. The van der Waals surface area contributed by atoms with Crippen molar-refractivity contribution >= 4 is 11.5 Å².